The quantitative estimate of drug-likeness (QED) is 0.778. The van der Waals surface area contributed by atoms with E-state index in [1.54, 1.807) is 23.5 Å². The van der Waals surface area contributed by atoms with Gasteiger partial charge in [-0.3, -0.25) is 4.79 Å². The predicted molar refractivity (Wildman–Crippen MR) is 84.9 cm³/mol. The molecule has 0 saturated heterocycles. The van der Waals surface area contributed by atoms with Crippen LogP contribution in [0.15, 0.2) is 53.0 Å². The highest BCUT2D eigenvalue weighted by atomic mass is 79.9. The molecule has 0 spiro atoms. The van der Waals surface area contributed by atoms with Crippen molar-refractivity contribution in [2.45, 2.75) is 6.54 Å². The van der Waals surface area contributed by atoms with Gasteiger partial charge in [-0.05, 0) is 36.4 Å². The van der Waals surface area contributed by atoms with E-state index in [2.05, 4.69) is 26.2 Å². The molecular weight excluding hydrogens is 336 g/mol. The molecular formula is C15H11BrN2OS. The van der Waals surface area contributed by atoms with Crippen molar-refractivity contribution < 1.29 is 4.79 Å². The van der Waals surface area contributed by atoms with E-state index >= 15 is 0 Å². The van der Waals surface area contributed by atoms with Crippen LogP contribution in [-0.2, 0) is 6.54 Å². The summed E-state index contributed by atoms with van der Waals surface area (Å²) in [5, 5.41) is 3.80. The van der Waals surface area contributed by atoms with Gasteiger partial charge < -0.3 is 5.32 Å². The number of amides is 1. The van der Waals surface area contributed by atoms with Crippen molar-refractivity contribution in [3.8, 4) is 0 Å². The monoisotopic (exact) mass is 346 g/mol. The molecule has 3 nitrogen and oxygen atoms in total. The number of nitrogens with zero attached hydrogens (tertiary/aromatic N) is 1. The minimum Gasteiger partial charge on any atom is -0.346 e. The molecule has 5 heteroatoms. The van der Waals surface area contributed by atoms with Crippen molar-refractivity contribution in [2.24, 2.45) is 0 Å². The molecule has 1 aromatic heterocycles. The third-order valence-corrected chi connectivity index (χ3v) is 4.41. The van der Waals surface area contributed by atoms with Gasteiger partial charge in [0.05, 0.1) is 16.8 Å². The number of rotatable bonds is 3. The molecule has 1 amide bonds. The number of hydrogen-bond acceptors (Lipinski definition) is 3. The second-order valence-electron chi connectivity index (χ2n) is 4.26. The summed E-state index contributed by atoms with van der Waals surface area (Å²) < 4.78 is 2.10. The van der Waals surface area contributed by atoms with E-state index in [9.17, 15) is 4.79 Å². The van der Waals surface area contributed by atoms with Crippen molar-refractivity contribution in [1.82, 2.24) is 10.3 Å². The highest BCUT2D eigenvalue weighted by molar-refractivity contribution is 9.10. The van der Waals surface area contributed by atoms with Crippen LogP contribution in [0, 0.1) is 0 Å². The van der Waals surface area contributed by atoms with Gasteiger partial charge in [-0.15, -0.1) is 11.3 Å². The van der Waals surface area contributed by atoms with E-state index in [0.717, 1.165) is 19.7 Å². The highest BCUT2D eigenvalue weighted by Crippen LogP contribution is 2.21. The molecule has 0 fully saturated rings. The first-order valence-electron chi connectivity index (χ1n) is 6.10. The van der Waals surface area contributed by atoms with Crippen LogP contribution in [0.1, 0.15) is 15.4 Å². The fourth-order valence-electron chi connectivity index (χ4n) is 1.85. The number of fused-ring (bicyclic) bond motifs is 1. The van der Waals surface area contributed by atoms with E-state index in [0.29, 0.717) is 12.1 Å². The normalized spacial score (nSPS) is 10.7. The molecule has 1 heterocycles. The molecule has 0 aliphatic heterocycles. The molecule has 0 atom stereocenters. The number of benzene rings is 2. The summed E-state index contributed by atoms with van der Waals surface area (Å²) in [4.78, 5) is 16.5. The Bertz CT molecular complexity index is 719. The summed E-state index contributed by atoms with van der Waals surface area (Å²) in [5.41, 5.74) is 1.62. The van der Waals surface area contributed by atoms with Gasteiger partial charge in [0.25, 0.3) is 5.91 Å². The van der Waals surface area contributed by atoms with E-state index in [-0.39, 0.29) is 5.91 Å². The lowest BCUT2D eigenvalue weighted by atomic mass is 10.2. The van der Waals surface area contributed by atoms with Crippen LogP contribution in [0.4, 0.5) is 0 Å². The zero-order chi connectivity index (χ0) is 13.9. The second kappa shape index (κ2) is 5.73. The summed E-state index contributed by atoms with van der Waals surface area (Å²) in [6.07, 6.45) is 0. The van der Waals surface area contributed by atoms with Gasteiger partial charge >= 0.3 is 0 Å². The Hall–Kier alpha value is -1.72. The Morgan fingerprint density at radius 1 is 1.15 bits per heavy atom. The van der Waals surface area contributed by atoms with Crippen molar-refractivity contribution in [1.29, 1.82) is 0 Å². The van der Waals surface area contributed by atoms with Gasteiger partial charge in [-0.1, -0.05) is 28.1 Å². The molecule has 2 aromatic carbocycles. The lowest BCUT2D eigenvalue weighted by Gasteiger charge is -2.02. The number of para-hydroxylation sites is 1. The summed E-state index contributed by atoms with van der Waals surface area (Å²) in [6.45, 7) is 0.453. The maximum atomic E-state index is 12.0. The first-order chi connectivity index (χ1) is 9.72. The Morgan fingerprint density at radius 3 is 2.65 bits per heavy atom. The van der Waals surface area contributed by atoms with Gasteiger partial charge in [0.15, 0.2) is 0 Å². The van der Waals surface area contributed by atoms with Gasteiger partial charge in [0.2, 0.25) is 0 Å². The van der Waals surface area contributed by atoms with Crippen LogP contribution >= 0.6 is 27.3 Å². The van der Waals surface area contributed by atoms with Crippen LogP contribution < -0.4 is 5.32 Å². The zero-order valence-electron chi connectivity index (χ0n) is 10.5. The molecule has 0 bridgehead atoms. The number of aromatic nitrogens is 1. The molecule has 3 aromatic rings. The number of halogens is 1. The predicted octanol–water partition coefficient (Wildman–Crippen LogP) is 3.99. The summed E-state index contributed by atoms with van der Waals surface area (Å²) in [7, 11) is 0. The summed E-state index contributed by atoms with van der Waals surface area (Å²) in [5.74, 6) is -0.0863. The third kappa shape index (κ3) is 2.89. The molecule has 0 saturated carbocycles. The molecule has 0 unspecified atom stereocenters. The fraction of sp³-hybridized carbons (Fsp3) is 0.0667. The van der Waals surface area contributed by atoms with Gasteiger partial charge in [-0.25, -0.2) is 4.98 Å². The van der Waals surface area contributed by atoms with Crippen LogP contribution in [0.3, 0.4) is 0 Å². The van der Waals surface area contributed by atoms with Crippen LogP contribution in [0.2, 0.25) is 0 Å². The van der Waals surface area contributed by atoms with Crippen molar-refractivity contribution in [2.75, 3.05) is 0 Å². The Balaban J connectivity index is 1.69. The zero-order valence-corrected chi connectivity index (χ0v) is 12.9. The number of thiazole rings is 1. The molecule has 0 aliphatic rings. The van der Waals surface area contributed by atoms with Gasteiger partial charge in [0.1, 0.15) is 5.01 Å². The number of carbonyl (C=O) groups is 1. The Morgan fingerprint density at radius 2 is 1.90 bits per heavy atom. The van der Waals surface area contributed by atoms with E-state index in [4.69, 9.17) is 0 Å². The average Bonchev–Trinajstić information content (AvgIpc) is 2.88. The Labute approximate surface area is 128 Å². The van der Waals surface area contributed by atoms with Gasteiger partial charge in [-0.2, -0.15) is 0 Å². The smallest absolute Gasteiger partial charge is 0.251 e. The van der Waals surface area contributed by atoms with Crippen molar-refractivity contribution >= 4 is 43.4 Å². The average molecular weight is 347 g/mol. The van der Waals surface area contributed by atoms with Crippen LogP contribution in [0.25, 0.3) is 10.2 Å². The minimum atomic E-state index is -0.0863. The molecule has 0 aliphatic carbocycles. The first-order valence-corrected chi connectivity index (χ1v) is 7.71. The van der Waals surface area contributed by atoms with Crippen LogP contribution in [0.5, 0.6) is 0 Å². The van der Waals surface area contributed by atoms with Gasteiger partial charge in [0, 0.05) is 10.0 Å². The maximum absolute atomic E-state index is 12.0. The lowest BCUT2D eigenvalue weighted by Crippen LogP contribution is -2.22. The molecule has 3 rings (SSSR count). The second-order valence-corrected chi connectivity index (χ2v) is 6.30. The lowest BCUT2D eigenvalue weighted by molar-refractivity contribution is 0.0951. The van der Waals surface area contributed by atoms with Crippen molar-refractivity contribution in [3.63, 3.8) is 0 Å². The number of hydrogen-bond donors (Lipinski definition) is 1. The molecule has 20 heavy (non-hydrogen) atoms. The standard InChI is InChI=1S/C15H11BrN2OS/c16-11-7-5-10(6-8-11)15(19)17-9-14-18-12-3-1-2-4-13(12)20-14/h1-8H,9H2,(H,17,19). The van der Waals surface area contributed by atoms with E-state index in [1.807, 2.05) is 36.4 Å². The van der Waals surface area contributed by atoms with E-state index in [1.165, 1.54) is 0 Å². The van der Waals surface area contributed by atoms with Crippen molar-refractivity contribution in [3.05, 3.63) is 63.6 Å². The topological polar surface area (TPSA) is 42.0 Å². The fourth-order valence-corrected chi connectivity index (χ4v) is 3.03. The summed E-state index contributed by atoms with van der Waals surface area (Å²) in [6, 6.07) is 15.3. The van der Waals surface area contributed by atoms with Crippen LogP contribution in [-0.4, -0.2) is 10.9 Å². The molecule has 1 N–H and O–H groups in total. The molecule has 0 radical (unpaired) electrons. The minimum absolute atomic E-state index is 0.0863. The SMILES string of the molecule is O=C(NCc1nc2ccccc2s1)c1ccc(Br)cc1. The Kier molecular flexibility index (Phi) is 3.80. The number of nitrogens with one attached hydrogen (secondary N) is 1. The first kappa shape index (κ1) is 13.3. The highest BCUT2D eigenvalue weighted by Gasteiger charge is 2.07. The van der Waals surface area contributed by atoms with E-state index < -0.39 is 0 Å². The number of carbonyl (C=O) groups excluding carboxylic acids is 1. The summed E-state index contributed by atoms with van der Waals surface area (Å²) >= 11 is 4.95. The third-order valence-electron chi connectivity index (χ3n) is 2.84. The molecule has 100 valence electrons. The largest absolute Gasteiger partial charge is 0.346 e. The maximum Gasteiger partial charge on any atom is 0.251 e.